The van der Waals surface area contributed by atoms with Gasteiger partial charge >= 0.3 is 12.0 Å². The number of nitrogens with one attached hydrogen (secondary N) is 1. The number of carboxylic acids is 1. The van der Waals surface area contributed by atoms with Gasteiger partial charge in [-0.25, -0.2) is 9.59 Å². The van der Waals surface area contributed by atoms with Crippen LogP contribution in [0.3, 0.4) is 0 Å². The first-order valence-electron chi connectivity index (χ1n) is 6.39. The van der Waals surface area contributed by atoms with Crippen LogP contribution in [0.15, 0.2) is 12.4 Å². The van der Waals surface area contributed by atoms with E-state index in [4.69, 9.17) is 5.11 Å². The van der Waals surface area contributed by atoms with Crippen LogP contribution < -0.4 is 5.32 Å². The monoisotopic (exact) mass is 282 g/mol. The van der Waals surface area contributed by atoms with Gasteiger partial charge in [-0.15, -0.1) is 0 Å². The summed E-state index contributed by atoms with van der Waals surface area (Å²) in [6.07, 6.45) is 3.70. The second-order valence-electron chi connectivity index (χ2n) is 4.95. The normalized spacial score (nSPS) is 19.9. The van der Waals surface area contributed by atoms with Crippen LogP contribution in [-0.2, 0) is 11.8 Å². The van der Waals surface area contributed by atoms with Gasteiger partial charge in [-0.05, 0) is 6.42 Å². The Morgan fingerprint density at radius 3 is 2.85 bits per heavy atom. The summed E-state index contributed by atoms with van der Waals surface area (Å²) >= 11 is 0. The first kappa shape index (κ1) is 14.3. The van der Waals surface area contributed by atoms with Gasteiger partial charge in [0.25, 0.3) is 0 Å². The number of aryl methyl sites for hydroxylation is 1. The van der Waals surface area contributed by atoms with Gasteiger partial charge in [0.05, 0.1) is 6.20 Å². The summed E-state index contributed by atoms with van der Waals surface area (Å²) in [5, 5.41) is 24.7. The van der Waals surface area contributed by atoms with Crippen molar-refractivity contribution in [1.82, 2.24) is 20.0 Å². The number of urea groups is 1. The minimum absolute atomic E-state index is 0.0365. The zero-order chi connectivity index (χ0) is 14.7. The number of rotatable bonds is 4. The number of carboxylic acid groups (broad SMARTS) is 1. The maximum atomic E-state index is 12.0. The van der Waals surface area contributed by atoms with Crippen LogP contribution in [-0.4, -0.2) is 56.6 Å². The lowest BCUT2D eigenvalue weighted by Gasteiger charge is -2.20. The fraction of sp³-hybridized carbons (Fsp3) is 0.583. The van der Waals surface area contributed by atoms with E-state index in [1.807, 2.05) is 0 Å². The van der Waals surface area contributed by atoms with Crippen LogP contribution in [0.4, 0.5) is 4.79 Å². The van der Waals surface area contributed by atoms with Gasteiger partial charge in [-0.3, -0.25) is 4.68 Å². The molecule has 2 heterocycles. The lowest BCUT2D eigenvalue weighted by molar-refractivity contribution is -0.139. The number of carbonyl (C=O) groups is 2. The standard InChI is InChI=1S/C12H18N4O4/c1-15-6-9(4-13-15)10(11(18)19)14-12(20)16-3-2-8(5-16)7-17/h4,6,8,10,17H,2-3,5,7H2,1H3,(H,14,20)(H,18,19). The molecule has 0 saturated carbocycles. The van der Waals surface area contributed by atoms with Crippen molar-refractivity contribution in [2.24, 2.45) is 13.0 Å². The Hall–Kier alpha value is -2.09. The fourth-order valence-electron chi connectivity index (χ4n) is 2.26. The smallest absolute Gasteiger partial charge is 0.331 e. The number of aliphatic hydroxyl groups excluding tert-OH is 1. The molecule has 8 nitrogen and oxygen atoms in total. The van der Waals surface area contributed by atoms with E-state index in [2.05, 4.69) is 10.4 Å². The molecule has 0 spiro atoms. The molecule has 20 heavy (non-hydrogen) atoms. The van der Waals surface area contributed by atoms with Crippen molar-refractivity contribution in [3.63, 3.8) is 0 Å². The van der Waals surface area contributed by atoms with Crippen LogP contribution in [0.2, 0.25) is 0 Å². The maximum Gasteiger partial charge on any atom is 0.331 e. The molecule has 2 amide bonds. The zero-order valence-corrected chi connectivity index (χ0v) is 11.2. The third-order valence-electron chi connectivity index (χ3n) is 3.40. The number of hydrogen-bond acceptors (Lipinski definition) is 4. The molecule has 0 radical (unpaired) electrons. The van der Waals surface area contributed by atoms with E-state index in [1.54, 1.807) is 13.2 Å². The molecule has 1 saturated heterocycles. The van der Waals surface area contributed by atoms with Gasteiger partial charge in [0.2, 0.25) is 0 Å². The predicted molar refractivity (Wildman–Crippen MR) is 68.9 cm³/mol. The van der Waals surface area contributed by atoms with E-state index in [-0.39, 0.29) is 12.5 Å². The number of hydrogen-bond donors (Lipinski definition) is 3. The molecule has 2 atom stereocenters. The second kappa shape index (κ2) is 5.91. The third kappa shape index (κ3) is 3.08. The van der Waals surface area contributed by atoms with Crippen molar-refractivity contribution < 1.29 is 19.8 Å². The first-order valence-corrected chi connectivity index (χ1v) is 6.39. The van der Waals surface area contributed by atoms with E-state index in [9.17, 15) is 14.7 Å². The lowest BCUT2D eigenvalue weighted by atomic mass is 10.1. The molecule has 110 valence electrons. The van der Waals surface area contributed by atoms with Gasteiger partial charge in [-0.2, -0.15) is 5.10 Å². The van der Waals surface area contributed by atoms with E-state index < -0.39 is 18.0 Å². The molecular formula is C12H18N4O4. The van der Waals surface area contributed by atoms with Crippen LogP contribution in [0, 0.1) is 5.92 Å². The highest BCUT2D eigenvalue weighted by Crippen LogP contribution is 2.17. The molecule has 2 unspecified atom stereocenters. The molecule has 3 N–H and O–H groups in total. The van der Waals surface area contributed by atoms with Gasteiger partial charge in [0.15, 0.2) is 6.04 Å². The minimum atomic E-state index is -1.13. The van der Waals surface area contributed by atoms with Crippen molar-refractivity contribution in [3.05, 3.63) is 18.0 Å². The van der Waals surface area contributed by atoms with Gasteiger partial charge in [-0.1, -0.05) is 0 Å². The van der Waals surface area contributed by atoms with E-state index in [0.717, 1.165) is 6.42 Å². The highest BCUT2D eigenvalue weighted by Gasteiger charge is 2.30. The molecule has 0 aromatic carbocycles. The van der Waals surface area contributed by atoms with E-state index >= 15 is 0 Å². The quantitative estimate of drug-likeness (QED) is 0.694. The average molecular weight is 282 g/mol. The van der Waals surface area contributed by atoms with Gasteiger partial charge < -0.3 is 20.4 Å². The lowest BCUT2D eigenvalue weighted by Crippen LogP contribution is -2.42. The van der Waals surface area contributed by atoms with Crippen molar-refractivity contribution >= 4 is 12.0 Å². The van der Waals surface area contributed by atoms with E-state index in [0.29, 0.717) is 18.7 Å². The number of aliphatic hydroxyl groups is 1. The van der Waals surface area contributed by atoms with E-state index in [1.165, 1.54) is 15.8 Å². The largest absolute Gasteiger partial charge is 0.479 e. The summed E-state index contributed by atoms with van der Waals surface area (Å²) in [7, 11) is 1.68. The highest BCUT2D eigenvalue weighted by atomic mass is 16.4. The summed E-state index contributed by atoms with van der Waals surface area (Å²) in [4.78, 5) is 24.8. The Labute approximate surface area is 116 Å². The first-order chi connectivity index (χ1) is 9.51. The van der Waals surface area contributed by atoms with Gasteiger partial charge in [0.1, 0.15) is 0 Å². The molecule has 1 aromatic rings. The predicted octanol–water partition coefficient (Wildman–Crippen LogP) is -0.430. The third-order valence-corrected chi connectivity index (χ3v) is 3.40. The number of aromatic nitrogens is 2. The zero-order valence-electron chi connectivity index (χ0n) is 11.2. The number of likely N-dealkylation sites (tertiary alicyclic amines) is 1. The van der Waals surface area contributed by atoms with Crippen LogP contribution in [0.5, 0.6) is 0 Å². The molecule has 1 aliphatic rings. The van der Waals surface area contributed by atoms with Crippen LogP contribution in [0.1, 0.15) is 18.0 Å². The van der Waals surface area contributed by atoms with Crippen molar-refractivity contribution in [3.8, 4) is 0 Å². The minimum Gasteiger partial charge on any atom is -0.479 e. The fourth-order valence-corrected chi connectivity index (χ4v) is 2.26. The number of carbonyl (C=O) groups excluding carboxylic acids is 1. The molecule has 1 fully saturated rings. The molecule has 0 bridgehead atoms. The molecular weight excluding hydrogens is 264 g/mol. The molecule has 1 aliphatic heterocycles. The number of nitrogens with zero attached hydrogens (tertiary/aromatic N) is 3. The average Bonchev–Trinajstić information content (AvgIpc) is 3.03. The summed E-state index contributed by atoms with van der Waals surface area (Å²) in [5.74, 6) is -1.06. The SMILES string of the molecule is Cn1cc(C(NC(=O)N2CCC(CO)C2)C(=O)O)cn1. The van der Waals surface area contributed by atoms with Crippen molar-refractivity contribution in [2.75, 3.05) is 19.7 Å². The number of aliphatic carboxylic acids is 1. The summed E-state index contributed by atoms with van der Waals surface area (Å²) < 4.78 is 1.48. The topological polar surface area (TPSA) is 108 Å². The number of amides is 2. The Morgan fingerprint density at radius 2 is 2.35 bits per heavy atom. The Morgan fingerprint density at radius 1 is 1.60 bits per heavy atom. The van der Waals surface area contributed by atoms with Crippen molar-refractivity contribution in [1.29, 1.82) is 0 Å². The molecule has 2 rings (SSSR count). The Kier molecular flexibility index (Phi) is 4.23. The van der Waals surface area contributed by atoms with Gasteiger partial charge in [0, 0.05) is 44.4 Å². The van der Waals surface area contributed by atoms with Crippen LogP contribution in [0.25, 0.3) is 0 Å². The van der Waals surface area contributed by atoms with Crippen LogP contribution >= 0.6 is 0 Å². The maximum absolute atomic E-state index is 12.0. The second-order valence-corrected chi connectivity index (χ2v) is 4.95. The summed E-state index contributed by atoms with van der Waals surface area (Å²) in [6.45, 7) is 1.01. The highest BCUT2D eigenvalue weighted by molar-refractivity contribution is 5.83. The molecule has 8 heteroatoms. The molecule has 0 aliphatic carbocycles. The Balaban J connectivity index is 2.02. The Bertz CT molecular complexity index is 501. The summed E-state index contributed by atoms with van der Waals surface area (Å²) in [5.41, 5.74) is 0.422. The molecule has 1 aromatic heterocycles. The van der Waals surface area contributed by atoms with Crippen molar-refractivity contribution in [2.45, 2.75) is 12.5 Å². The summed E-state index contributed by atoms with van der Waals surface area (Å²) in [6, 6.07) is -1.55.